The van der Waals surface area contributed by atoms with Gasteiger partial charge in [0, 0.05) is 52.0 Å². The number of carbonyl (C=O) groups is 1. The van der Waals surface area contributed by atoms with Gasteiger partial charge < -0.3 is 49.2 Å². The van der Waals surface area contributed by atoms with Crippen LogP contribution in [-0.2, 0) is 4.79 Å². The Balaban J connectivity index is -0.0000000390. The van der Waals surface area contributed by atoms with Gasteiger partial charge in [0.2, 0.25) is 0 Å². The number of hydrogen-bond donors (Lipinski definition) is 0. The first-order chi connectivity index (χ1) is 9.38. The van der Waals surface area contributed by atoms with Gasteiger partial charge in [0.25, 0.3) is 0 Å². The molecule has 26 heavy (non-hydrogen) atoms. The van der Waals surface area contributed by atoms with Crippen molar-refractivity contribution in [2.24, 2.45) is 0 Å². The van der Waals surface area contributed by atoms with E-state index in [1.54, 1.807) is 0 Å². The van der Waals surface area contributed by atoms with Crippen LogP contribution in [0.3, 0.4) is 0 Å². The first-order valence-electron chi connectivity index (χ1n) is 7.11. The van der Waals surface area contributed by atoms with Gasteiger partial charge in [0.15, 0.2) is 0 Å². The van der Waals surface area contributed by atoms with E-state index in [1.165, 1.54) is 13.8 Å². The summed E-state index contributed by atoms with van der Waals surface area (Å²) in [5, 5.41) is 0. The van der Waals surface area contributed by atoms with Gasteiger partial charge in [-0.2, -0.15) is 0 Å². The summed E-state index contributed by atoms with van der Waals surface area (Å²) < 4.78 is 0. The second-order valence-electron chi connectivity index (χ2n) is 5.11. The molecule has 2 heterocycles. The molecule has 2 aliphatic heterocycles. The second-order valence-corrected chi connectivity index (χ2v) is 5.11. The molecule has 5 nitrogen and oxygen atoms in total. The molecule has 0 aromatic carbocycles. The molecular weight excluding hydrogens is 398 g/mol. The molecule has 0 aromatic heterocycles. The second kappa shape index (κ2) is 27.8. The van der Waals surface area contributed by atoms with E-state index in [2.05, 4.69) is 72.3 Å². The van der Waals surface area contributed by atoms with Crippen molar-refractivity contribution in [3.8, 4) is 0 Å². The minimum absolute atomic E-state index is 0. The molecule has 0 bridgehead atoms. The minimum atomic E-state index is 0. The predicted octanol–water partition coefficient (Wildman–Crippen LogP) is -5.12. The summed E-state index contributed by atoms with van der Waals surface area (Å²) >= 11 is 0. The minimum Gasteiger partial charge on any atom is -1.00 e. The topological polar surface area (TPSA) is 30.0 Å². The van der Waals surface area contributed by atoms with E-state index in [1.807, 2.05) is 0 Å². The standard InChI is InChI=1S/2C6H12N2.C3H6O.3CH4.2ClH.K/c2*1-3-8-5-4-7(2)6-8;1-3(2)4;;;;;;/h2*4-5H,3,6H2,1-2H3;1-2H3;3*1H4;2*1H;/q;;;;;;;;+1/p-2. The normalized spacial score (nSPS) is 12.2. The van der Waals surface area contributed by atoms with E-state index in [-0.39, 0.29) is 104 Å². The van der Waals surface area contributed by atoms with E-state index in [9.17, 15) is 4.79 Å². The third-order valence-corrected chi connectivity index (χ3v) is 2.69. The number of halogens is 2. The third-order valence-electron chi connectivity index (χ3n) is 2.69. The Morgan fingerprint density at radius 1 is 0.769 bits per heavy atom. The van der Waals surface area contributed by atoms with Gasteiger partial charge in [-0.15, -0.1) is 0 Å². The molecular formula is C18H42Cl2KN4O-. The first kappa shape index (κ1) is 45.4. The molecule has 0 aliphatic carbocycles. The Bertz CT molecular complexity index is 315. The molecule has 8 heteroatoms. The number of nitrogens with zero attached hydrogens (tertiary/aromatic N) is 4. The summed E-state index contributed by atoms with van der Waals surface area (Å²) in [5.74, 6) is 0.167. The van der Waals surface area contributed by atoms with Crippen molar-refractivity contribution >= 4 is 5.78 Å². The molecule has 0 aromatic rings. The maximum atomic E-state index is 9.44. The fourth-order valence-corrected chi connectivity index (χ4v) is 1.59. The summed E-state index contributed by atoms with van der Waals surface area (Å²) in [7, 11) is 4.15. The number of Topliss-reactive ketones (excluding diaryl/α,β-unsaturated/α-hetero) is 1. The number of rotatable bonds is 2. The smallest absolute Gasteiger partial charge is 1.00 e. The molecule has 0 amide bonds. The van der Waals surface area contributed by atoms with Gasteiger partial charge in [-0.25, -0.2) is 0 Å². The Kier molecular flexibility index (Phi) is 48.5. The van der Waals surface area contributed by atoms with Crippen molar-refractivity contribution in [3.63, 3.8) is 0 Å². The molecule has 0 atom stereocenters. The quantitative estimate of drug-likeness (QED) is 0.401. The van der Waals surface area contributed by atoms with Crippen LogP contribution in [0.5, 0.6) is 0 Å². The van der Waals surface area contributed by atoms with Crippen LogP contribution in [0.15, 0.2) is 24.8 Å². The van der Waals surface area contributed by atoms with E-state index in [0.29, 0.717) is 0 Å². The largest absolute Gasteiger partial charge is 1.00 e. The van der Waals surface area contributed by atoms with E-state index < -0.39 is 0 Å². The molecule has 0 spiro atoms. The van der Waals surface area contributed by atoms with Crippen LogP contribution >= 0.6 is 0 Å². The van der Waals surface area contributed by atoms with Crippen molar-refractivity contribution in [2.75, 3.05) is 40.5 Å². The summed E-state index contributed by atoms with van der Waals surface area (Å²) in [6, 6.07) is 0. The van der Waals surface area contributed by atoms with Crippen LogP contribution in [0, 0.1) is 0 Å². The zero-order chi connectivity index (χ0) is 15.5. The van der Waals surface area contributed by atoms with Crippen LogP contribution in [0.1, 0.15) is 50.0 Å². The van der Waals surface area contributed by atoms with Gasteiger partial charge in [0.1, 0.15) is 5.78 Å². The van der Waals surface area contributed by atoms with E-state index in [0.717, 1.165) is 26.4 Å². The van der Waals surface area contributed by atoms with Crippen molar-refractivity contribution < 1.29 is 81.0 Å². The van der Waals surface area contributed by atoms with Gasteiger partial charge in [-0.05, 0) is 27.7 Å². The maximum absolute atomic E-state index is 9.44. The Morgan fingerprint density at radius 3 is 1.08 bits per heavy atom. The average Bonchev–Trinajstić information content (AvgIpc) is 2.97. The third kappa shape index (κ3) is 26.8. The van der Waals surface area contributed by atoms with E-state index >= 15 is 0 Å². The monoisotopic (exact) mass is 439 g/mol. The van der Waals surface area contributed by atoms with Crippen LogP contribution < -0.4 is 76.2 Å². The number of carbonyl (C=O) groups excluding carboxylic acids is 1. The fourth-order valence-electron chi connectivity index (χ4n) is 1.59. The van der Waals surface area contributed by atoms with Crippen LogP contribution in [0.4, 0.5) is 0 Å². The summed E-state index contributed by atoms with van der Waals surface area (Å²) in [6.45, 7) is 11.7. The fraction of sp³-hybridized carbons (Fsp3) is 0.722. The molecule has 0 unspecified atom stereocenters. The predicted molar refractivity (Wildman–Crippen MR) is 105 cm³/mol. The molecule has 2 rings (SSSR count). The molecule has 156 valence electrons. The van der Waals surface area contributed by atoms with E-state index in [4.69, 9.17) is 0 Å². The van der Waals surface area contributed by atoms with Crippen LogP contribution in [0.25, 0.3) is 0 Å². The van der Waals surface area contributed by atoms with Crippen molar-refractivity contribution in [1.29, 1.82) is 0 Å². The molecule has 0 radical (unpaired) electrons. The Labute approximate surface area is 219 Å². The van der Waals surface area contributed by atoms with Gasteiger partial charge >= 0.3 is 51.4 Å². The molecule has 0 N–H and O–H groups in total. The van der Waals surface area contributed by atoms with Crippen LogP contribution in [0.2, 0.25) is 0 Å². The van der Waals surface area contributed by atoms with Crippen molar-refractivity contribution in [2.45, 2.75) is 50.0 Å². The summed E-state index contributed by atoms with van der Waals surface area (Å²) in [6.07, 6.45) is 8.40. The zero-order valence-electron chi connectivity index (χ0n) is 15.6. The molecule has 0 fully saturated rings. The summed E-state index contributed by atoms with van der Waals surface area (Å²) in [4.78, 5) is 18.3. The molecule has 0 saturated heterocycles. The summed E-state index contributed by atoms with van der Waals surface area (Å²) in [5.41, 5.74) is 0. The molecule has 2 aliphatic rings. The average molecular weight is 441 g/mol. The Morgan fingerprint density at radius 2 is 1.00 bits per heavy atom. The first-order valence-corrected chi connectivity index (χ1v) is 7.11. The van der Waals surface area contributed by atoms with Gasteiger partial charge in [-0.3, -0.25) is 0 Å². The van der Waals surface area contributed by atoms with Gasteiger partial charge in [0.05, 0.1) is 13.3 Å². The maximum Gasteiger partial charge on any atom is 1.00 e. The zero-order valence-corrected chi connectivity index (χ0v) is 20.2. The SMILES string of the molecule is C.C.C.CC(C)=O.CCN1C=CN(C)C1.CCN1C=CN(C)C1.[Cl-].[Cl-].[K+]. The Hall–Kier alpha value is 0.566. The van der Waals surface area contributed by atoms with Crippen LogP contribution in [-0.4, -0.2) is 65.9 Å². The number of ketones is 1. The molecule has 0 saturated carbocycles. The number of hydrogen-bond acceptors (Lipinski definition) is 5. The van der Waals surface area contributed by atoms with Gasteiger partial charge in [-0.1, -0.05) is 22.3 Å². The van der Waals surface area contributed by atoms with Crippen molar-refractivity contribution in [1.82, 2.24) is 19.6 Å². The van der Waals surface area contributed by atoms with Crippen molar-refractivity contribution in [3.05, 3.63) is 24.8 Å².